The molecule has 0 N–H and O–H groups in total. The van der Waals surface area contributed by atoms with Gasteiger partial charge in [0, 0.05) is 12.8 Å². The Morgan fingerprint density at radius 1 is 1.62 bits per heavy atom. The van der Waals surface area contributed by atoms with E-state index < -0.39 is 0 Å². The van der Waals surface area contributed by atoms with Gasteiger partial charge in [0.05, 0.1) is 0 Å². The fourth-order valence-corrected chi connectivity index (χ4v) is 1.01. The van der Waals surface area contributed by atoms with Crippen molar-refractivity contribution in [2.75, 3.05) is 6.54 Å². The molecule has 0 radical (unpaired) electrons. The number of hydrogen-bond donors (Lipinski definition) is 0. The highest BCUT2D eigenvalue weighted by atomic mass is 14.7. The second-order valence-corrected chi connectivity index (χ2v) is 2.75. The van der Waals surface area contributed by atoms with E-state index in [9.17, 15) is 0 Å². The molecule has 0 spiro atoms. The molecular weight excluding hydrogens is 98.1 g/mol. The molecule has 1 rings (SSSR count). The summed E-state index contributed by atoms with van der Waals surface area (Å²) in [5.41, 5.74) is 0. The van der Waals surface area contributed by atoms with E-state index in [2.05, 4.69) is 25.1 Å². The van der Waals surface area contributed by atoms with Crippen molar-refractivity contribution in [3.05, 3.63) is 0 Å². The first kappa shape index (κ1) is 5.80. The van der Waals surface area contributed by atoms with Gasteiger partial charge in [0.15, 0.2) is 0 Å². The minimum atomic E-state index is 0.773. The van der Waals surface area contributed by atoms with Crippen molar-refractivity contribution in [3.8, 4) is 0 Å². The lowest BCUT2D eigenvalue weighted by Crippen LogP contribution is -2.05. The molecule has 0 aromatic heterocycles. The van der Waals surface area contributed by atoms with E-state index in [4.69, 9.17) is 0 Å². The second-order valence-electron chi connectivity index (χ2n) is 2.75. The van der Waals surface area contributed by atoms with Crippen LogP contribution in [0.2, 0.25) is 0 Å². The summed E-state index contributed by atoms with van der Waals surface area (Å²) in [7, 11) is 0. The van der Waals surface area contributed by atoms with E-state index in [1.807, 2.05) is 0 Å². The van der Waals surface area contributed by atoms with Gasteiger partial charge >= 0.3 is 0 Å². The van der Waals surface area contributed by atoms with Gasteiger partial charge in [-0.25, -0.2) is 0 Å². The van der Waals surface area contributed by atoms with Crippen molar-refractivity contribution in [2.45, 2.75) is 20.3 Å². The highest BCUT2D eigenvalue weighted by Crippen LogP contribution is 2.16. The van der Waals surface area contributed by atoms with Crippen LogP contribution in [-0.2, 0) is 0 Å². The molecule has 0 saturated heterocycles. The van der Waals surface area contributed by atoms with Crippen LogP contribution in [0.4, 0.5) is 0 Å². The largest absolute Gasteiger partial charge is 0.297 e. The Balaban J connectivity index is 2.36. The van der Waals surface area contributed by atoms with Gasteiger partial charge in [0.2, 0.25) is 0 Å². The van der Waals surface area contributed by atoms with E-state index in [0.29, 0.717) is 0 Å². The normalized spacial score (nSPS) is 27.6. The Hall–Kier alpha value is -0.330. The van der Waals surface area contributed by atoms with Crippen molar-refractivity contribution in [3.63, 3.8) is 0 Å². The van der Waals surface area contributed by atoms with Crippen LogP contribution in [0, 0.1) is 11.8 Å². The van der Waals surface area contributed by atoms with Crippen LogP contribution in [0.15, 0.2) is 4.99 Å². The van der Waals surface area contributed by atoms with Gasteiger partial charge in [-0.2, -0.15) is 0 Å². The molecule has 1 aliphatic rings. The number of aliphatic imine (C=N–C) groups is 1. The van der Waals surface area contributed by atoms with E-state index in [1.54, 1.807) is 0 Å². The van der Waals surface area contributed by atoms with Crippen LogP contribution in [0.1, 0.15) is 20.3 Å². The Bertz CT molecular complexity index is 94.6. The highest BCUT2D eigenvalue weighted by molar-refractivity contribution is 5.62. The summed E-state index contributed by atoms with van der Waals surface area (Å²) in [4.78, 5) is 4.16. The molecule has 0 bridgehead atoms. The average molecular weight is 111 g/mol. The number of nitrogens with zero attached hydrogens (tertiary/aromatic N) is 1. The molecule has 0 aromatic rings. The SMILES string of the molecule is CC(C)[C@H]1C=NCC1. The minimum Gasteiger partial charge on any atom is -0.297 e. The van der Waals surface area contributed by atoms with Crippen LogP contribution in [0.5, 0.6) is 0 Å². The van der Waals surface area contributed by atoms with Crippen molar-refractivity contribution in [1.29, 1.82) is 0 Å². The molecule has 0 aromatic carbocycles. The lowest BCUT2D eigenvalue weighted by Gasteiger charge is -2.08. The maximum Gasteiger partial charge on any atom is 0.0391 e. The first-order chi connectivity index (χ1) is 3.80. The Labute approximate surface area is 50.8 Å². The predicted octanol–water partition coefficient (Wildman–Crippen LogP) is 1.73. The van der Waals surface area contributed by atoms with Crippen LogP contribution < -0.4 is 0 Å². The third kappa shape index (κ3) is 1.09. The summed E-state index contributed by atoms with van der Waals surface area (Å²) in [6.07, 6.45) is 3.38. The zero-order valence-corrected chi connectivity index (χ0v) is 5.59. The van der Waals surface area contributed by atoms with E-state index in [-0.39, 0.29) is 0 Å². The summed E-state index contributed by atoms with van der Waals surface area (Å²) < 4.78 is 0. The monoisotopic (exact) mass is 111 g/mol. The third-order valence-corrected chi connectivity index (χ3v) is 1.74. The topological polar surface area (TPSA) is 12.4 Å². The summed E-state index contributed by atoms with van der Waals surface area (Å²) in [5.74, 6) is 1.57. The van der Waals surface area contributed by atoms with Crippen LogP contribution >= 0.6 is 0 Å². The van der Waals surface area contributed by atoms with Crippen LogP contribution in [-0.4, -0.2) is 12.8 Å². The van der Waals surface area contributed by atoms with E-state index in [0.717, 1.165) is 18.4 Å². The average Bonchev–Trinajstić information content (AvgIpc) is 2.12. The van der Waals surface area contributed by atoms with Gasteiger partial charge in [0.1, 0.15) is 0 Å². The summed E-state index contributed by atoms with van der Waals surface area (Å²) >= 11 is 0. The van der Waals surface area contributed by atoms with Gasteiger partial charge in [-0.1, -0.05) is 13.8 Å². The standard InChI is InChI=1S/C7H13N/c1-6(2)7-3-4-8-5-7/h5-7H,3-4H2,1-2H3/t7-/m1/s1. The lowest BCUT2D eigenvalue weighted by molar-refractivity contribution is 0.497. The van der Waals surface area contributed by atoms with Crippen LogP contribution in [0.3, 0.4) is 0 Å². The molecule has 1 heteroatoms. The van der Waals surface area contributed by atoms with Crippen LogP contribution in [0.25, 0.3) is 0 Å². The van der Waals surface area contributed by atoms with E-state index in [1.165, 1.54) is 6.42 Å². The molecule has 0 amide bonds. The molecule has 1 nitrogen and oxygen atoms in total. The lowest BCUT2D eigenvalue weighted by atomic mass is 9.96. The van der Waals surface area contributed by atoms with Crippen molar-refractivity contribution < 1.29 is 0 Å². The quantitative estimate of drug-likeness (QED) is 0.488. The Morgan fingerprint density at radius 3 is 2.62 bits per heavy atom. The Morgan fingerprint density at radius 2 is 2.38 bits per heavy atom. The van der Waals surface area contributed by atoms with Gasteiger partial charge in [-0.05, 0) is 18.3 Å². The molecule has 1 atom stereocenters. The molecule has 0 fully saturated rings. The summed E-state index contributed by atoms with van der Waals surface area (Å²) in [6, 6.07) is 0. The van der Waals surface area contributed by atoms with E-state index >= 15 is 0 Å². The number of hydrogen-bond acceptors (Lipinski definition) is 1. The number of rotatable bonds is 1. The molecule has 0 aliphatic carbocycles. The van der Waals surface area contributed by atoms with Crippen molar-refractivity contribution >= 4 is 6.21 Å². The predicted molar refractivity (Wildman–Crippen MR) is 36.3 cm³/mol. The molecule has 0 saturated carbocycles. The molecule has 46 valence electrons. The molecule has 1 aliphatic heterocycles. The fraction of sp³-hybridized carbons (Fsp3) is 0.857. The van der Waals surface area contributed by atoms with Gasteiger partial charge in [-0.15, -0.1) is 0 Å². The zero-order chi connectivity index (χ0) is 5.98. The van der Waals surface area contributed by atoms with Crippen molar-refractivity contribution in [2.24, 2.45) is 16.8 Å². The highest BCUT2D eigenvalue weighted by Gasteiger charge is 2.12. The van der Waals surface area contributed by atoms with Gasteiger partial charge < -0.3 is 0 Å². The molecule has 8 heavy (non-hydrogen) atoms. The third-order valence-electron chi connectivity index (χ3n) is 1.74. The molecule has 1 heterocycles. The molecular formula is C7H13N. The van der Waals surface area contributed by atoms with Gasteiger partial charge in [-0.3, -0.25) is 4.99 Å². The van der Waals surface area contributed by atoms with Gasteiger partial charge in [0.25, 0.3) is 0 Å². The maximum absolute atomic E-state index is 4.16. The second kappa shape index (κ2) is 2.29. The first-order valence-corrected chi connectivity index (χ1v) is 3.30. The maximum atomic E-state index is 4.16. The summed E-state index contributed by atoms with van der Waals surface area (Å²) in [5, 5.41) is 0. The fourth-order valence-electron chi connectivity index (χ4n) is 1.01. The Kier molecular flexibility index (Phi) is 1.66. The summed E-state index contributed by atoms with van der Waals surface area (Å²) in [6.45, 7) is 5.56. The minimum absolute atomic E-state index is 0.773. The van der Waals surface area contributed by atoms with Crippen molar-refractivity contribution in [1.82, 2.24) is 0 Å². The smallest absolute Gasteiger partial charge is 0.0391 e. The zero-order valence-electron chi connectivity index (χ0n) is 5.59. The molecule has 0 unspecified atom stereocenters. The first-order valence-electron chi connectivity index (χ1n) is 3.30.